The van der Waals surface area contributed by atoms with Gasteiger partial charge in [0.05, 0.1) is 19.1 Å². The summed E-state index contributed by atoms with van der Waals surface area (Å²) in [4.78, 5) is 7.08. The van der Waals surface area contributed by atoms with Crippen LogP contribution in [0.4, 0.5) is 0 Å². The molecule has 0 unspecified atom stereocenters. The van der Waals surface area contributed by atoms with Crippen molar-refractivity contribution in [3.8, 4) is 0 Å². The molecule has 0 saturated carbocycles. The van der Waals surface area contributed by atoms with Gasteiger partial charge in [-0.3, -0.25) is 4.90 Å². The molecule has 0 aliphatic carbocycles. The van der Waals surface area contributed by atoms with Crippen LogP contribution in [0.5, 0.6) is 0 Å². The Morgan fingerprint density at radius 3 is 2.71 bits per heavy atom. The van der Waals surface area contributed by atoms with Crippen LogP contribution in [0, 0.1) is 18.8 Å². The van der Waals surface area contributed by atoms with E-state index in [1.807, 2.05) is 6.92 Å². The zero-order chi connectivity index (χ0) is 14.2. The summed E-state index contributed by atoms with van der Waals surface area (Å²) in [5, 5.41) is 3.94. The van der Waals surface area contributed by atoms with Gasteiger partial charge >= 0.3 is 0 Å². The van der Waals surface area contributed by atoms with Gasteiger partial charge in [0.2, 0.25) is 5.89 Å². The Labute approximate surface area is 124 Å². The van der Waals surface area contributed by atoms with Gasteiger partial charge in [-0.05, 0) is 31.6 Å². The standard InChI is InChI=1S/C15H23N3O3/c1-10-16-15(21-17-10)14-9-20-8-11-6-18(7-13(11)14)12-2-4-19-5-3-12/h11-14H,2-9H2,1H3/t11-,13-,14+/m0/s1. The summed E-state index contributed by atoms with van der Waals surface area (Å²) in [7, 11) is 0. The van der Waals surface area contributed by atoms with Gasteiger partial charge < -0.3 is 14.0 Å². The van der Waals surface area contributed by atoms with Gasteiger partial charge in [0.25, 0.3) is 0 Å². The summed E-state index contributed by atoms with van der Waals surface area (Å²) in [6, 6.07) is 0.675. The van der Waals surface area contributed by atoms with Gasteiger partial charge in [-0.15, -0.1) is 0 Å². The van der Waals surface area contributed by atoms with Crippen molar-refractivity contribution in [2.75, 3.05) is 39.5 Å². The Bertz CT molecular complexity index is 486. The van der Waals surface area contributed by atoms with Crippen molar-refractivity contribution < 1.29 is 14.0 Å². The zero-order valence-electron chi connectivity index (χ0n) is 12.5. The molecule has 1 aromatic rings. The van der Waals surface area contributed by atoms with Gasteiger partial charge in [0.15, 0.2) is 5.82 Å². The summed E-state index contributed by atoms with van der Waals surface area (Å²) >= 11 is 0. The summed E-state index contributed by atoms with van der Waals surface area (Å²) in [6.07, 6.45) is 2.31. The molecule has 0 bridgehead atoms. The molecule has 21 heavy (non-hydrogen) atoms. The Morgan fingerprint density at radius 1 is 1.10 bits per heavy atom. The van der Waals surface area contributed by atoms with E-state index in [0.717, 1.165) is 51.6 Å². The maximum absolute atomic E-state index is 5.82. The molecule has 0 spiro atoms. The first-order valence-electron chi connectivity index (χ1n) is 8.01. The highest BCUT2D eigenvalue weighted by Gasteiger charge is 2.45. The first kappa shape index (κ1) is 13.7. The van der Waals surface area contributed by atoms with Gasteiger partial charge in [-0.1, -0.05) is 5.16 Å². The summed E-state index contributed by atoms with van der Waals surface area (Å²) in [5.41, 5.74) is 0. The average molecular weight is 293 g/mol. The van der Waals surface area contributed by atoms with E-state index >= 15 is 0 Å². The fourth-order valence-electron chi connectivity index (χ4n) is 4.10. The van der Waals surface area contributed by atoms with Crippen molar-refractivity contribution in [3.05, 3.63) is 11.7 Å². The molecule has 0 amide bonds. The summed E-state index contributed by atoms with van der Waals surface area (Å²) in [6.45, 7) is 7.53. The van der Waals surface area contributed by atoms with Crippen LogP contribution in [-0.4, -0.2) is 60.6 Å². The molecule has 1 aromatic heterocycles. The maximum atomic E-state index is 5.82. The van der Waals surface area contributed by atoms with E-state index in [1.54, 1.807) is 0 Å². The van der Waals surface area contributed by atoms with Crippen LogP contribution in [0.3, 0.4) is 0 Å². The van der Waals surface area contributed by atoms with Crippen LogP contribution in [0.15, 0.2) is 4.52 Å². The predicted molar refractivity (Wildman–Crippen MR) is 75.0 cm³/mol. The van der Waals surface area contributed by atoms with Gasteiger partial charge in [0, 0.05) is 32.3 Å². The second-order valence-corrected chi connectivity index (χ2v) is 6.55. The quantitative estimate of drug-likeness (QED) is 0.817. The fraction of sp³-hybridized carbons (Fsp3) is 0.867. The largest absolute Gasteiger partial charge is 0.381 e. The molecule has 6 nitrogen and oxygen atoms in total. The summed E-state index contributed by atoms with van der Waals surface area (Å²) in [5.74, 6) is 2.91. The molecular formula is C15H23N3O3. The minimum atomic E-state index is 0.259. The van der Waals surface area contributed by atoms with Crippen LogP contribution in [0.2, 0.25) is 0 Å². The Kier molecular flexibility index (Phi) is 3.69. The topological polar surface area (TPSA) is 60.6 Å². The number of nitrogens with zero attached hydrogens (tertiary/aromatic N) is 3. The van der Waals surface area contributed by atoms with Crippen molar-refractivity contribution >= 4 is 0 Å². The van der Waals surface area contributed by atoms with Crippen LogP contribution >= 0.6 is 0 Å². The smallest absolute Gasteiger partial charge is 0.232 e. The average Bonchev–Trinajstić information content (AvgIpc) is 3.14. The lowest BCUT2D eigenvalue weighted by Gasteiger charge is -2.31. The lowest BCUT2D eigenvalue weighted by Crippen LogP contribution is -2.38. The molecule has 3 aliphatic heterocycles. The van der Waals surface area contributed by atoms with E-state index in [9.17, 15) is 0 Å². The molecule has 116 valence electrons. The number of likely N-dealkylation sites (tertiary alicyclic amines) is 1. The number of hydrogen-bond acceptors (Lipinski definition) is 6. The third-order valence-electron chi connectivity index (χ3n) is 5.23. The second-order valence-electron chi connectivity index (χ2n) is 6.55. The molecule has 3 saturated heterocycles. The first-order chi connectivity index (χ1) is 10.3. The monoisotopic (exact) mass is 293 g/mol. The van der Waals surface area contributed by atoms with Crippen LogP contribution in [-0.2, 0) is 9.47 Å². The molecule has 6 heteroatoms. The fourth-order valence-corrected chi connectivity index (χ4v) is 4.10. The third kappa shape index (κ3) is 2.60. The number of aryl methyl sites for hydroxylation is 1. The normalized spacial score (nSPS) is 35.0. The SMILES string of the molecule is Cc1noc([C@@H]2COC[C@@H]3CN(C4CCOCC4)C[C@@H]32)n1. The molecule has 3 fully saturated rings. The molecule has 0 N–H and O–H groups in total. The number of ether oxygens (including phenoxy) is 2. The lowest BCUT2D eigenvalue weighted by atomic mass is 9.83. The molecule has 4 rings (SSSR count). The number of rotatable bonds is 2. The molecule has 3 aliphatic rings. The Hall–Kier alpha value is -0.980. The first-order valence-corrected chi connectivity index (χ1v) is 8.01. The van der Waals surface area contributed by atoms with Gasteiger partial charge in [0.1, 0.15) is 0 Å². The van der Waals surface area contributed by atoms with E-state index in [2.05, 4.69) is 15.0 Å². The zero-order valence-corrected chi connectivity index (χ0v) is 12.5. The number of fused-ring (bicyclic) bond motifs is 1. The molecular weight excluding hydrogens is 270 g/mol. The minimum absolute atomic E-state index is 0.259. The Balaban J connectivity index is 1.49. The molecule has 3 atom stereocenters. The van der Waals surface area contributed by atoms with E-state index in [0.29, 0.717) is 30.3 Å². The van der Waals surface area contributed by atoms with Crippen molar-refractivity contribution in [3.63, 3.8) is 0 Å². The Morgan fingerprint density at radius 2 is 1.95 bits per heavy atom. The highest BCUT2D eigenvalue weighted by atomic mass is 16.5. The molecule has 0 aromatic carbocycles. The van der Waals surface area contributed by atoms with E-state index in [1.165, 1.54) is 0 Å². The summed E-state index contributed by atoms with van der Waals surface area (Å²) < 4.78 is 16.7. The highest BCUT2D eigenvalue weighted by Crippen LogP contribution is 2.40. The number of aromatic nitrogens is 2. The van der Waals surface area contributed by atoms with Crippen molar-refractivity contribution in [1.29, 1.82) is 0 Å². The molecule has 0 radical (unpaired) electrons. The van der Waals surface area contributed by atoms with E-state index < -0.39 is 0 Å². The second kappa shape index (κ2) is 5.66. The van der Waals surface area contributed by atoms with Crippen LogP contribution in [0.1, 0.15) is 30.5 Å². The minimum Gasteiger partial charge on any atom is -0.381 e. The van der Waals surface area contributed by atoms with Crippen molar-refractivity contribution in [2.24, 2.45) is 11.8 Å². The highest BCUT2D eigenvalue weighted by molar-refractivity contribution is 5.04. The maximum Gasteiger partial charge on any atom is 0.232 e. The number of hydrogen-bond donors (Lipinski definition) is 0. The van der Waals surface area contributed by atoms with Gasteiger partial charge in [-0.25, -0.2) is 0 Å². The van der Waals surface area contributed by atoms with E-state index in [4.69, 9.17) is 14.0 Å². The van der Waals surface area contributed by atoms with E-state index in [-0.39, 0.29) is 5.92 Å². The van der Waals surface area contributed by atoms with Gasteiger partial charge in [-0.2, -0.15) is 4.98 Å². The lowest BCUT2D eigenvalue weighted by molar-refractivity contribution is 0.00981. The van der Waals surface area contributed by atoms with Crippen LogP contribution in [0.25, 0.3) is 0 Å². The van der Waals surface area contributed by atoms with Crippen molar-refractivity contribution in [1.82, 2.24) is 15.0 Å². The van der Waals surface area contributed by atoms with Crippen LogP contribution < -0.4 is 0 Å². The predicted octanol–water partition coefficient (Wildman–Crippen LogP) is 1.22. The van der Waals surface area contributed by atoms with Crippen molar-refractivity contribution in [2.45, 2.75) is 31.7 Å². The molecule has 4 heterocycles. The third-order valence-corrected chi connectivity index (χ3v) is 5.23.